The van der Waals surface area contributed by atoms with Crippen molar-refractivity contribution in [1.82, 2.24) is 4.90 Å². The second-order valence-corrected chi connectivity index (χ2v) is 10.6. The molecule has 1 fully saturated rings. The Labute approximate surface area is 235 Å². The summed E-state index contributed by atoms with van der Waals surface area (Å²) in [7, 11) is 1.63. The fourth-order valence-electron chi connectivity index (χ4n) is 5.85. The van der Waals surface area contributed by atoms with Crippen molar-refractivity contribution in [2.75, 3.05) is 38.2 Å². The van der Waals surface area contributed by atoms with Gasteiger partial charge in [0.1, 0.15) is 11.2 Å². The summed E-state index contributed by atoms with van der Waals surface area (Å²) in [6.45, 7) is 6.18. The quantitative estimate of drug-likeness (QED) is 0.271. The highest BCUT2D eigenvalue weighted by molar-refractivity contribution is 6.31. The van der Waals surface area contributed by atoms with Crippen LogP contribution >= 0.6 is 11.6 Å². The number of hydrogen-bond donors (Lipinski definition) is 0. The third kappa shape index (κ3) is 4.82. The minimum Gasteiger partial charge on any atom is -0.496 e. The summed E-state index contributed by atoms with van der Waals surface area (Å²) in [6.07, 6.45) is 0. The van der Waals surface area contributed by atoms with E-state index in [0.29, 0.717) is 31.9 Å². The molecule has 0 aliphatic carbocycles. The van der Waals surface area contributed by atoms with E-state index >= 15 is 0 Å². The molecule has 1 saturated heterocycles. The van der Waals surface area contributed by atoms with Crippen LogP contribution in [-0.2, 0) is 4.79 Å². The van der Waals surface area contributed by atoms with Crippen LogP contribution in [-0.4, -0.2) is 44.1 Å². The number of fused-ring (bicyclic) bond motifs is 1. The van der Waals surface area contributed by atoms with Gasteiger partial charge in [-0.15, -0.1) is 0 Å². The van der Waals surface area contributed by atoms with E-state index in [4.69, 9.17) is 16.3 Å². The van der Waals surface area contributed by atoms with Crippen LogP contribution in [0.5, 0.6) is 5.75 Å². The number of nitrogens with zero attached hydrogens (tertiary/aromatic N) is 3. The summed E-state index contributed by atoms with van der Waals surface area (Å²) in [6, 6.07) is 30.3. The van der Waals surface area contributed by atoms with Crippen LogP contribution in [0, 0.1) is 23.7 Å². The van der Waals surface area contributed by atoms with Crippen molar-refractivity contribution >= 4 is 34.0 Å². The zero-order valence-corrected chi connectivity index (χ0v) is 23.3. The summed E-state index contributed by atoms with van der Waals surface area (Å²) in [5.41, 5.74) is 2.51. The van der Waals surface area contributed by atoms with Crippen molar-refractivity contribution in [3.05, 3.63) is 107 Å². The average Bonchev–Trinajstić information content (AvgIpc) is 2.98. The summed E-state index contributed by atoms with van der Waals surface area (Å²) in [5.74, 6) is -0.0484. The van der Waals surface area contributed by atoms with Crippen molar-refractivity contribution in [1.29, 1.82) is 5.26 Å². The molecule has 2 atom stereocenters. The topological polar surface area (TPSA) is 56.6 Å². The maximum atomic E-state index is 14.4. The number of piperazine rings is 1. The van der Waals surface area contributed by atoms with Crippen LogP contribution in [0.3, 0.4) is 0 Å². The fourth-order valence-corrected chi connectivity index (χ4v) is 6.02. The molecule has 1 amide bonds. The molecular formula is C33H32ClN3O2. The zero-order valence-electron chi connectivity index (χ0n) is 22.5. The Morgan fingerprint density at radius 1 is 0.923 bits per heavy atom. The molecule has 0 radical (unpaired) electrons. The third-order valence-corrected chi connectivity index (χ3v) is 8.39. The first-order valence-corrected chi connectivity index (χ1v) is 13.6. The SMILES string of the molecule is COc1ccccc1[C@H](c1cccc2ccccc12)[C@@](C)(C#N)C(=O)N1CCN(c2cccc(Cl)c2C)CC1. The highest BCUT2D eigenvalue weighted by Gasteiger charge is 2.47. The standard InChI is InChI=1S/C33H32ClN3O2/c1-23-28(34)15-9-16-29(23)36-18-20-37(21-19-36)32(38)33(2,22-35)31(27-13-6-7-17-30(27)39-3)26-14-8-11-24-10-4-5-12-25(24)26/h4-17,31H,18-21H2,1-3H3/t31-,33+/m0/s1. The van der Waals surface area contributed by atoms with Gasteiger partial charge in [-0.25, -0.2) is 0 Å². The summed E-state index contributed by atoms with van der Waals surface area (Å²) < 4.78 is 5.76. The summed E-state index contributed by atoms with van der Waals surface area (Å²) in [5, 5.41) is 13.6. The number of halogens is 1. The van der Waals surface area contributed by atoms with Gasteiger partial charge in [-0.3, -0.25) is 4.79 Å². The summed E-state index contributed by atoms with van der Waals surface area (Å²) >= 11 is 6.37. The average molecular weight is 538 g/mol. The Hall–Kier alpha value is -4.01. The maximum absolute atomic E-state index is 14.4. The lowest BCUT2D eigenvalue weighted by Crippen LogP contribution is -2.54. The Balaban J connectivity index is 1.54. The fraction of sp³-hybridized carbons (Fsp3) is 0.273. The molecule has 0 aromatic heterocycles. The molecule has 0 saturated carbocycles. The molecule has 1 aliphatic heterocycles. The van der Waals surface area contributed by atoms with Gasteiger partial charge in [-0.1, -0.05) is 78.3 Å². The van der Waals surface area contributed by atoms with Crippen molar-refractivity contribution in [2.24, 2.45) is 5.41 Å². The van der Waals surface area contributed by atoms with Gasteiger partial charge in [0.15, 0.2) is 0 Å². The highest BCUT2D eigenvalue weighted by Crippen LogP contribution is 2.47. The first kappa shape index (κ1) is 26.6. The third-order valence-electron chi connectivity index (χ3n) is 7.98. The second kappa shape index (κ2) is 11.0. The first-order valence-electron chi connectivity index (χ1n) is 13.2. The van der Waals surface area contributed by atoms with Crippen molar-refractivity contribution in [3.63, 3.8) is 0 Å². The normalized spacial score (nSPS) is 15.9. The molecule has 0 unspecified atom stereocenters. The van der Waals surface area contributed by atoms with E-state index in [1.165, 1.54) is 0 Å². The lowest BCUT2D eigenvalue weighted by Gasteiger charge is -2.41. The van der Waals surface area contributed by atoms with Crippen molar-refractivity contribution in [2.45, 2.75) is 19.8 Å². The molecule has 198 valence electrons. The zero-order chi connectivity index (χ0) is 27.6. The van der Waals surface area contributed by atoms with Gasteiger partial charge >= 0.3 is 0 Å². The molecule has 0 bridgehead atoms. The molecular weight excluding hydrogens is 506 g/mol. The molecule has 6 heteroatoms. The predicted octanol–water partition coefficient (Wildman–Crippen LogP) is 6.82. The van der Waals surface area contributed by atoms with E-state index in [1.807, 2.05) is 72.5 Å². The van der Waals surface area contributed by atoms with Gasteiger partial charge in [0.2, 0.25) is 5.91 Å². The number of carbonyl (C=O) groups is 1. The Kier molecular flexibility index (Phi) is 7.50. The molecule has 1 aliphatic rings. The van der Waals surface area contributed by atoms with Crippen LogP contribution in [0.25, 0.3) is 10.8 Å². The Bertz CT molecular complexity index is 1550. The highest BCUT2D eigenvalue weighted by atomic mass is 35.5. The smallest absolute Gasteiger partial charge is 0.243 e. The first-order chi connectivity index (χ1) is 18.9. The van der Waals surface area contributed by atoms with Crippen LogP contribution in [0.1, 0.15) is 29.5 Å². The number of carbonyl (C=O) groups excluding carboxylic acids is 1. The van der Waals surface area contributed by atoms with E-state index in [-0.39, 0.29) is 5.91 Å². The molecule has 0 spiro atoms. The summed E-state index contributed by atoms with van der Waals surface area (Å²) in [4.78, 5) is 18.5. The number of methoxy groups -OCH3 is 1. The van der Waals surface area contributed by atoms with Gasteiger partial charge < -0.3 is 14.5 Å². The van der Waals surface area contributed by atoms with E-state index in [0.717, 1.165) is 38.2 Å². The van der Waals surface area contributed by atoms with E-state index in [9.17, 15) is 10.1 Å². The van der Waals surface area contributed by atoms with Gasteiger partial charge in [0, 0.05) is 48.4 Å². The molecule has 1 heterocycles. The van der Waals surface area contributed by atoms with Gasteiger partial charge in [-0.2, -0.15) is 5.26 Å². The molecule has 0 N–H and O–H groups in total. The number of rotatable bonds is 6. The number of amides is 1. The number of hydrogen-bond acceptors (Lipinski definition) is 4. The maximum Gasteiger partial charge on any atom is 0.243 e. The monoisotopic (exact) mass is 537 g/mol. The van der Waals surface area contributed by atoms with Crippen molar-refractivity contribution < 1.29 is 9.53 Å². The van der Waals surface area contributed by atoms with Crippen LogP contribution in [0.4, 0.5) is 5.69 Å². The Morgan fingerprint density at radius 3 is 2.31 bits per heavy atom. The molecule has 5 rings (SSSR count). The number of para-hydroxylation sites is 1. The van der Waals surface area contributed by atoms with Gasteiger partial charge in [-0.05, 0) is 53.9 Å². The predicted molar refractivity (Wildman–Crippen MR) is 157 cm³/mol. The largest absolute Gasteiger partial charge is 0.496 e. The minimum absolute atomic E-state index is 0.170. The second-order valence-electron chi connectivity index (χ2n) is 10.2. The van der Waals surface area contributed by atoms with E-state index in [1.54, 1.807) is 14.0 Å². The van der Waals surface area contributed by atoms with Crippen LogP contribution < -0.4 is 9.64 Å². The van der Waals surface area contributed by atoms with Crippen LogP contribution in [0.15, 0.2) is 84.9 Å². The van der Waals surface area contributed by atoms with Crippen LogP contribution in [0.2, 0.25) is 5.02 Å². The number of ether oxygens (including phenoxy) is 1. The van der Waals surface area contributed by atoms with Gasteiger partial charge in [0.25, 0.3) is 0 Å². The molecule has 4 aromatic carbocycles. The lowest BCUT2D eigenvalue weighted by atomic mass is 9.68. The number of anilines is 1. The van der Waals surface area contributed by atoms with E-state index in [2.05, 4.69) is 35.2 Å². The lowest BCUT2D eigenvalue weighted by molar-refractivity contribution is -0.139. The number of benzene rings is 4. The van der Waals surface area contributed by atoms with Crippen molar-refractivity contribution in [3.8, 4) is 11.8 Å². The molecule has 5 nitrogen and oxygen atoms in total. The number of nitriles is 1. The van der Waals surface area contributed by atoms with E-state index < -0.39 is 11.3 Å². The van der Waals surface area contributed by atoms with Gasteiger partial charge in [0.05, 0.1) is 13.2 Å². The minimum atomic E-state index is -1.37. The molecule has 39 heavy (non-hydrogen) atoms. The molecule has 4 aromatic rings. The Morgan fingerprint density at radius 2 is 1.56 bits per heavy atom.